The maximum absolute atomic E-state index is 14.0. The lowest BCUT2D eigenvalue weighted by Gasteiger charge is -2.25. The fourth-order valence-electron chi connectivity index (χ4n) is 5.40. The molecule has 1 N–H and O–H groups in total. The van der Waals surface area contributed by atoms with Crippen molar-refractivity contribution in [3.8, 4) is 22.8 Å². The third kappa shape index (κ3) is 5.75. The van der Waals surface area contributed by atoms with Crippen molar-refractivity contribution in [2.24, 2.45) is 5.92 Å². The minimum absolute atomic E-state index is 0.0349. The molecule has 196 valence electrons. The van der Waals surface area contributed by atoms with Gasteiger partial charge in [0.25, 0.3) is 5.89 Å². The van der Waals surface area contributed by atoms with Crippen molar-refractivity contribution in [3.63, 3.8) is 0 Å². The maximum atomic E-state index is 14.0. The molecule has 0 bridgehead atoms. The number of aliphatic carboxylic acids is 1. The number of benzene rings is 2. The molecule has 1 aliphatic carbocycles. The molecule has 1 saturated carbocycles. The number of likely N-dealkylation sites (tertiary alicyclic amines) is 1. The molecule has 2 heterocycles. The Hall–Kier alpha value is -2.72. The number of halogens is 4. The number of rotatable bonds is 6. The standard InChI is InChI=1S/C27H27BrF3N3O3/c28-23-13-17(6-7-19(23)14-34-11-10-20(15-34)26(35)36)24-32-25(37-33-24)18-8-9-21(16-4-2-1-3-5-16)22(12-18)27(29,30)31/h6-9,12-13,16,20H,1-5,10-11,14-15H2,(H,35,36)/t20-/m1/s1. The zero-order chi connectivity index (χ0) is 26.2. The van der Waals surface area contributed by atoms with Crippen molar-refractivity contribution in [2.75, 3.05) is 13.1 Å². The summed E-state index contributed by atoms with van der Waals surface area (Å²) < 4.78 is 48.0. The first kappa shape index (κ1) is 25.9. The molecule has 3 aromatic rings. The largest absolute Gasteiger partial charge is 0.481 e. The molecule has 5 rings (SSSR count). The van der Waals surface area contributed by atoms with E-state index in [0.29, 0.717) is 30.6 Å². The Balaban J connectivity index is 1.35. The fourth-order valence-corrected chi connectivity index (χ4v) is 5.90. The van der Waals surface area contributed by atoms with Gasteiger partial charge in [0.2, 0.25) is 5.82 Å². The Labute approximate surface area is 221 Å². The van der Waals surface area contributed by atoms with Crippen LogP contribution in [0.3, 0.4) is 0 Å². The van der Waals surface area contributed by atoms with E-state index in [1.807, 2.05) is 18.2 Å². The lowest BCUT2D eigenvalue weighted by molar-refractivity contribution is -0.141. The number of carbonyl (C=O) groups is 1. The van der Waals surface area contributed by atoms with E-state index in [2.05, 4.69) is 31.0 Å². The van der Waals surface area contributed by atoms with Crippen LogP contribution in [0.15, 0.2) is 45.4 Å². The maximum Gasteiger partial charge on any atom is 0.416 e. The van der Waals surface area contributed by atoms with Gasteiger partial charge in [-0.3, -0.25) is 9.69 Å². The molecule has 2 aliphatic rings. The highest BCUT2D eigenvalue weighted by atomic mass is 79.9. The van der Waals surface area contributed by atoms with E-state index >= 15 is 0 Å². The van der Waals surface area contributed by atoms with Crippen molar-refractivity contribution >= 4 is 21.9 Å². The molecule has 2 fully saturated rings. The van der Waals surface area contributed by atoms with Gasteiger partial charge in [0, 0.05) is 28.7 Å². The Kier molecular flexibility index (Phi) is 7.40. The minimum Gasteiger partial charge on any atom is -0.481 e. The second kappa shape index (κ2) is 10.6. The highest BCUT2D eigenvalue weighted by molar-refractivity contribution is 9.10. The monoisotopic (exact) mass is 577 g/mol. The van der Waals surface area contributed by atoms with Gasteiger partial charge >= 0.3 is 12.1 Å². The highest BCUT2D eigenvalue weighted by Gasteiger charge is 2.36. The van der Waals surface area contributed by atoms with Crippen LogP contribution < -0.4 is 0 Å². The van der Waals surface area contributed by atoms with Gasteiger partial charge in [-0.1, -0.05) is 58.5 Å². The first-order valence-electron chi connectivity index (χ1n) is 12.5. The zero-order valence-electron chi connectivity index (χ0n) is 20.1. The Morgan fingerprint density at radius 2 is 1.84 bits per heavy atom. The molecule has 0 amide bonds. The van der Waals surface area contributed by atoms with Crippen molar-refractivity contribution < 1.29 is 27.6 Å². The van der Waals surface area contributed by atoms with E-state index < -0.39 is 17.7 Å². The Morgan fingerprint density at radius 3 is 2.51 bits per heavy atom. The smallest absolute Gasteiger partial charge is 0.416 e. The van der Waals surface area contributed by atoms with Gasteiger partial charge in [0.05, 0.1) is 11.5 Å². The quantitative estimate of drug-likeness (QED) is 0.335. The van der Waals surface area contributed by atoms with E-state index in [4.69, 9.17) is 4.52 Å². The SMILES string of the molecule is O=C(O)[C@@H]1CCN(Cc2ccc(-c3noc(-c4ccc(C5CCCCC5)c(C(F)(F)F)c4)n3)cc2Br)C1. The number of carboxylic acid groups (broad SMARTS) is 1. The van der Waals surface area contributed by atoms with E-state index in [9.17, 15) is 23.1 Å². The highest BCUT2D eigenvalue weighted by Crippen LogP contribution is 2.42. The second-order valence-corrected chi connectivity index (χ2v) is 10.8. The van der Waals surface area contributed by atoms with Crippen LogP contribution in [0.1, 0.15) is 61.1 Å². The summed E-state index contributed by atoms with van der Waals surface area (Å²) in [6, 6.07) is 9.90. The summed E-state index contributed by atoms with van der Waals surface area (Å²) in [5.74, 6) is -0.878. The molecular formula is C27H27BrF3N3O3. The van der Waals surface area contributed by atoms with Gasteiger partial charge in [0.1, 0.15) is 0 Å². The number of alkyl halides is 3. The van der Waals surface area contributed by atoms with Crippen molar-refractivity contribution in [1.29, 1.82) is 0 Å². The van der Waals surface area contributed by atoms with Gasteiger partial charge in [-0.15, -0.1) is 0 Å². The summed E-state index contributed by atoms with van der Waals surface area (Å²) in [7, 11) is 0. The molecule has 37 heavy (non-hydrogen) atoms. The third-order valence-corrected chi connectivity index (χ3v) is 8.14. The first-order valence-corrected chi connectivity index (χ1v) is 13.3. The summed E-state index contributed by atoms with van der Waals surface area (Å²) in [5, 5.41) is 13.2. The average Bonchev–Trinajstić information content (AvgIpc) is 3.55. The minimum atomic E-state index is -4.47. The number of hydrogen-bond donors (Lipinski definition) is 1. The van der Waals surface area contributed by atoms with Crippen molar-refractivity contribution in [1.82, 2.24) is 15.0 Å². The van der Waals surface area contributed by atoms with Gasteiger partial charge < -0.3 is 9.63 Å². The predicted octanol–water partition coefficient (Wildman–Crippen LogP) is 7.14. The summed E-state index contributed by atoms with van der Waals surface area (Å²) in [4.78, 5) is 17.7. The topological polar surface area (TPSA) is 79.5 Å². The van der Waals surface area contributed by atoms with Crippen LogP contribution in [-0.2, 0) is 17.5 Å². The van der Waals surface area contributed by atoms with Crippen LogP contribution in [0.4, 0.5) is 13.2 Å². The summed E-state index contributed by atoms with van der Waals surface area (Å²) in [6.07, 6.45) is 0.686. The number of nitrogens with zero attached hydrogens (tertiary/aromatic N) is 3. The van der Waals surface area contributed by atoms with Crippen molar-refractivity contribution in [2.45, 2.75) is 57.2 Å². The molecule has 2 aromatic carbocycles. The predicted molar refractivity (Wildman–Crippen MR) is 135 cm³/mol. The molecule has 0 unspecified atom stereocenters. The van der Waals surface area contributed by atoms with Crippen LogP contribution in [0.25, 0.3) is 22.8 Å². The summed E-state index contributed by atoms with van der Waals surface area (Å²) in [6.45, 7) is 1.84. The summed E-state index contributed by atoms with van der Waals surface area (Å²) in [5.41, 5.74) is 1.61. The van der Waals surface area contributed by atoms with Crippen LogP contribution >= 0.6 is 15.9 Å². The third-order valence-electron chi connectivity index (χ3n) is 7.40. The second-order valence-electron chi connectivity index (χ2n) is 9.92. The van der Waals surface area contributed by atoms with Crippen LogP contribution in [0, 0.1) is 5.92 Å². The molecule has 0 radical (unpaired) electrons. The van der Waals surface area contributed by atoms with Crippen molar-refractivity contribution in [3.05, 3.63) is 57.6 Å². The van der Waals surface area contributed by atoms with E-state index in [0.717, 1.165) is 54.8 Å². The van der Waals surface area contributed by atoms with E-state index in [-0.39, 0.29) is 29.1 Å². The average molecular weight is 578 g/mol. The molecule has 1 saturated heterocycles. The Bertz CT molecular complexity index is 1290. The first-order chi connectivity index (χ1) is 17.7. The van der Waals surface area contributed by atoms with Gasteiger partial charge in [-0.25, -0.2) is 0 Å². The number of carboxylic acids is 1. The molecule has 10 heteroatoms. The van der Waals surface area contributed by atoms with Crippen LogP contribution in [0.5, 0.6) is 0 Å². The fraction of sp³-hybridized carbons (Fsp3) is 0.444. The van der Waals surface area contributed by atoms with Gasteiger partial charge in [0.15, 0.2) is 0 Å². The van der Waals surface area contributed by atoms with E-state index in [1.165, 1.54) is 0 Å². The molecular weight excluding hydrogens is 551 g/mol. The molecule has 1 atom stereocenters. The van der Waals surface area contributed by atoms with Crippen LogP contribution in [-0.4, -0.2) is 39.2 Å². The molecule has 6 nitrogen and oxygen atoms in total. The van der Waals surface area contributed by atoms with Crippen LogP contribution in [0.2, 0.25) is 0 Å². The summed E-state index contributed by atoms with van der Waals surface area (Å²) >= 11 is 3.57. The zero-order valence-corrected chi connectivity index (χ0v) is 21.7. The lowest BCUT2D eigenvalue weighted by Crippen LogP contribution is -2.23. The lowest BCUT2D eigenvalue weighted by atomic mass is 9.81. The number of aromatic nitrogens is 2. The number of hydrogen-bond acceptors (Lipinski definition) is 5. The normalized spacial score (nSPS) is 19.4. The Morgan fingerprint density at radius 1 is 1.08 bits per heavy atom. The molecule has 1 aliphatic heterocycles. The van der Waals surface area contributed by atoms with Gasteiger partial charge in [-0.2, -0.15) is 18.2 Å². The van der Waals surface area contributed by atoms with E-state index in [1.54, 1.807) is 12.1 Å². The molecule has 1 aromatic heterocycles. The molecule has 0 spiro atoms. The van der Waals surface area contributed by atoms with Gasteiger partial charge in [-0.05, 0) is 61.1 Å².